The van der Waals surface area contributed by atoms with Crippen molar-refractivity contribution in [2.24, 2.45) is 5.84 Å². The average Bonchev–Trinajstić information content (AvgIpc) is 3.27. The summed E-state index contributed by atoms with van der Waals surface area (Å²) in [5.74, 6) is 4.48. The molecule has 0 aliphatic rings. The highest BCUT2D eigenvalue weighted by Crippen LogP contribution is 2.29. The van der Waals surface area contributed by atoms with Gasteiger partial charge < -0.3 is 4.98 Å². The molecule has 6 nitrogen and oxygen atoms in total. The van der Waals surface area contributed by atoms with Crippen LogP contribution in [0.1, 0.15) is 16.1 Å². The van der Waals surface area contributed by atoms with Gasteiger partial charge in [-0.3, -0.25) is 14.9 Å². The average molecular weight is 349 g/mol. The largest absolute Gasteiger partial charge is 0.360 e. The molecule has 0 saturated carbocycles. The minimum absolute atomic E-state index is 0.217. The van der Waals surface area contributed by atoms with E-state index in [1.165, 1.54) is 12.1 Å². The second-order valence-corrected chi connectivity index (χ2v) is 5.92. The number of benzene rings is 2. The van der Waals surface area contributed by atoms with Gasteiger partial charge in [-0.25, -0.2) is 10.2 Å². The highest BCUT2D eigenvalue weighted by Gasteiger charge is 2.17. The van der Waals surface area contributed by atoms with Crippen LogP contribution in [0.5, 0.6) is 0 Å². The van der Waals surface area contributed by atoms with Crippen LogP contribution in [0.15, 0.2) is 60.8 Å². The van der Waals surface area contributed by atoms with E-state index >= 15 is 0 Å². The van der Waals surface area contributed by atoms with Gasteiger partial charge in [-0.15, -0.1) is 0 Å². The van der Waals surface area contributed by atoms with E-state index in [0.717, 1.165) is 27.7 Å². The van der Waals surface area contributed by atoms with Gasteiger partial charge in [0.2, 0.25) is 0 Å². The number of hydrogen-bond acceptors (Lipinski definition) is 3. The summed E-state index contributed by atoms with van der Waals surface area (Å²) in [4.78, 5) is 15.2. The number of carbonyl (C=O) groups excluding carboxylic acids is 1. The zero-order valence-corrected chi connectivity index (χ0v) is 13.7. The standard InChI is InChI=1S/C19H16FN5O/c20-13-7-5-12(6-8-13)11-25-18(9-17(24-25)19(26)23-21)15-10-22-16-4-2-1-3-14(15)16/h1-10,22H,11,21H2,(H,23,26). The molecule has 0 unspecified atom stereocenters. The Kier molecular flexibility index (Phi) is 3.98. The van der Waals surface area contributed by atoms with Crippen LogP contribution in [0.2, 0.25) is 0 Å². The molecule has 2 aromatic carbocycles. The molecule has 2 aromatic heterocycles. The molecule has 0 saturated heterocycles. The zero-order valence-electron chi connectivity index (χ0n) is 13.7. The van der Waals surface area contributed by atoms with Crippen LogP contribution in [0, 0.1) is 5.82 Å². The van der Waals surface area contributed by atoms with E-state index in [2.05, 4.69) is 15.5 Å². The molecular weight excluding hydrogens is 333 g/mol. The number of halogens is 1. The quantitative estimate of drug-likeness (QED) is 0.301. The molecule has 0 bridgehead atoms. The van der Waals surface area contributed by atoms with Crippen molar-refractivity contribution in [2.75, 3.05) is 0 Å². The van der Waals surface area contributed by atoms with Crippen LogP contribution in [0.25, 0.3) is 22.2 Å². The van der Waals surface area contributed by atoms with E-state index < -0.39 is 5.91 Å². The Morgan fingerprint density at radius 1 is 1.19 bits per heavy atom. The number of aromatic amines is 1. The number of amides is 1. The fraction of sp³-hybridized carbons (Fsp3) is 0.0526. The number of carbonyl (C=O) groups is 1. The van der Waals surface area contributed by atoms with Gasteiger partial charge in [0.1, 0.15) is 5.82 Å². The van der Waals surface area contributed by atoms with E-state index in [1.54, 1.807) is 22.9 Å². The maximum atomic E-state index is 13.2. The lowest BCUT2D eigenvalue weighted by Gasteiger charge is -2.07. The molecule has 130 valence electrons. The van der Waals surface area contributed by atoms with Gasteiger partial charge in [-0.05, 0) is 29.8 Å². The fourth-order valence-electron chi connectivity index (χ4n) is 2.99. The van der Waals surface area contributed by atoms with Gasteiger partial charge in [0.05, 0.1) is 12.2 Å². The van der Waals surface area contributed by atoms with Crippen molar-refractivity contribution in [2.45, 2.75) is 6.54 Å². The van der Waals surface area contributed by atoms with Crippen LogP contribution in [-0.4, -0.2) is 20.7 Å². The molecule has 4 aromatic rings. The van der Waals surface area contributed by atoms with Crippen LogP contribution >= 0.6 is 0 Å². The lowest BCUT2D eigenvalue weighted by atomic mass is 10.1. The van der Waals surface area contributed by atoms with Crippen LogP contribution in [0.3, 0.4) is 0 Å². The van der Waals surface area contributed by atoms with Gasteiger partial charge in [0.15, 0.2) is 5.69 Å². The van der Waals surface area contributed by atoms with Gasteiger partial charge in [-0.1, -0.05) is 30.3 Å². The van der Waals surface area contributed by atoms with E-state index in [4.69, 9.17) is 5.84 Å². The second-order valence-electron chi connectivity index (χ2n) is 5.92. The minimum atomic E-state index is -0.469. The Hall–Kier alpha value is -3.45. The van der Waals surface area contributed by atoms with E-state index in [-0.39, 0.29) is 11.5 Å². The number of H-pyrrole nitrogens is 1. The molecule has 0 aliphatic heterocycles. The van der Waals surface area contributed by atoms with Gasteiger partial charge in [0.25, 0.3) is 5.91 Å². The molecular formula is C19H16FN5O. The molecule has 4 rings (SSSR count). The number of hydrogen-bond donors (Lipinski definition) is 3. The number of fused-ring (bicyclic) bond motifs is 1. The third kappa shape index (κ3) is 2.84. The van der Waals surface area contributed by atoms with Gasteiger partial charge >= 0.3 is 0 Å². The predicted octanol–water partition coefficient (Wildman–Crippen LogP) is 2.82. The summed E-state index contributed by atoms with van der Waals surface area (Å²) in [5, 5.41) is 5.40. The molecule has 4 N–H and O–H groups in total. The molecule has 0 aliphatic carbocycles. The Labute approximate surface area is 148 Å². The minimum Gasteiger partial charge on any atom is -0.360 e. The monoisotopic (exact) mass is 349 g/mol. The molecule has 0 spiro atoms. The first kappa shape index (κ1) is 16.0. The highest BCUT2D eigenvalue weighted by molar-refractivity contribution is 5.97. The van der Waals surface area contributed by atoms with Crippen LogP contribution in [-0.2, 0) is 6.54 Å². The summed E-state index contributed by atoms with van der Waals surface area (Å²) in [6.07, 6.45) is 1.88. The Morgan fingerprint density at radius 3 is 2.73 bits per heavy atom. The summed E-state index contributed by atoms with van der Waals surface area (Å²) in [5.41, 5.74) is 5.87. The van der Waals surface area contributed by atoms with Crippen molar-refractivity contribution >= 4 is 16.8 Å². The zero-order chi connectivity index (χ0) is 18.1. The van der Waals surface area contributed by atoms with E-state index in [0.29, 0.717) is 6.54 Å². The Bertz CT molecular complexity index is 1080. The first-order chi connectivity index (χ1) is 12.7. The first-order valence-corrected chi connectivity index (χ1v) is 8.05. The maximum absolute atomic E-state index is 13.2. The molecule has 0 radical (unpaired) electrons. The van der Waals surface area contributed by atoms with E-state index in [9.17, 15) is 9.18 Å². The lowest BCUT2D eigenvalue weighted by Crippen LogP contribution is -2.30. The number of hydrazine groups is 1. The summed E-state index contributed by atoms with van der Waals surface area (Å²) < 4.78 is 14.9. The summed E-state index contributed by atoms with van der Waals surface area (Å²) in [7, 11) is 0. The topological polar surface area (TPSA) is 88.7 Å². The summed E-state index contributed by atoms with van der Waals surface area (Å²) >= 11 is 0. The Morgan fingerprint density at radius 2 is 1.96 bits per heavy atom. The highest BCUT2D eigenvalue weighted by atomic mass is 19.1. The molecule has 0 atom stereocenters. The third-order valence-corrected chi connectivity index (χ3v) is 4.25. The number of nitrogen functional groups attached to an aromatic ring is 1. The second kappa shape index (κ2) is 6.45. The number of aromatic nitrogens is 3. The molecule has 7 heteroatoms. The molecule has 26 heavy (non-hydrogen) atoms. The first-order valence-electron chi connectivity index (χ1n) is 8.05. The van der Waals surface area contributed by atoms with Crippen LogP contribution < -0.4 is 11.3 Å². The van der Waals surface area contributed by atoms with Gasteiger partial charge in [0, 0.05) is 22.7 Å². The molecule has 2 heterocycles. The predicted molar refractivity (Wildman–Crippen MR) is 96.7 cm³/mol. The summed E-state index contributed by atoms with van der Waals surface area (Å²) in [6, 6.07) is 15.8. The number of nitrogens with two attached hydrogens (primary N) is 1. The third-order valence-electron chi connectivity index (χ3n) is 4.25. The van der Waals surface area contributed by atoms with Crippen molar-refractivity contribution in [1.29, 1.82) is 0 Å². The van der Waals surface area contributed by atoms with E-state index in [1.807, 2.05) is 30.5 Å². The van der Waals surface area contributed by atoms with Gasteiger partial charge in [-0.2, -0.15) is 5.10 Å². The van der Waals surface area contributed by atoms with Crippen molar-refractivity contribution in [3.8, 4) is 11.3 Å². The fourth-order valence-corrected chi connectivity index (χ4v) is 2.99. The SMILES string of the molecule is NNC(=O)c1cc(-c2c[nH]c3ccccc23)n(Cc2ccc(F)cc2)n1. The van der Waals surface area contributed by atoms with Crippen molar-refractivity contribution in [3.63, 3.8) is 0 Å². The van der Waals surface area contributed by atoms with Crippen LogP contribution in [0.4, 0.5) is 4.39 Å². The number of nitrogens with one attached hydrogen (secondary N) is 2. The number of rotatable bonds is 4. The molecule has 1 amide bonds. The van der Waals surface area contributed by atoms with Crippen molar-refractivity contribution in [3.05, 3.63) is 77.9 Å². The number of para-hydroxylation sites is 1. The normalized spacial score (nSPS) is 11.0. The maximum Gasteiger partial charge on any atom is 0.285 e. The number of nitrogens with zero attached hydrogens (tertiary/aromatic N) is 2. The van der Waals surface area contributed by atoms with Crippen molar-refractivity contribution < 1.29 is 9.18 Å². The lowest BCUT2D eigenvalue weighted by molar-refractivity contribution is 0.0948. The smallest absolute Gasteiger partial charge is 0.285 e. The summed E-state index contributed by atoms with van der Waals surface area (Å²) in [6.45, 7) is 0.396. The Balaban J connectivity index is 1.83. The molecule has 0 fully saturated rings. The van der Waals surface area contributed by atoms with Crippen molar-refractivity contribution in [1.82, 2.24) is 20.2 Å².